The molecule has 8 nitrogen and oxygen atoms in total. The second-order valence-corrected chi connectivity index (χ2v) is 4.39. The molecule has 0 bridgehead atoms. The van der Waals surface area contributed by atoms with Crippen LogP contribution in [0, 0.1) is 6.92 Å². The van der Waals surface area contributed by atoms with E-state index in [0.717, 1.165) is 4.90 Å². The quantitative estimate of drug-likeness (QED) is 0.696. The molecule has 2 heterocycles. The molecule has 8 heteroatoms. The van der Waals surface area contributed by atoms with Crippen LogP contribution in [0.1, 0.15) is 16.2 Å². The molecule has 19 heavy (non-hydrogen) atoms. The maximum Gasteiger partial charge on any atom is 0.328 e. The highest BCUT2D eigenvalue weighted by atomic mass is 16.4. The number of piperazine rings is 1. The van der Waals surface area contributed by atoms with Crippen LogP contribution >= 0.6 is 0 Å². The lowest BCUT2D eigenvalue weighted by Gasteiger charge is -2.32. The molecule has 0 radical (unpaired) electrons. The van der Waals surface area contributed by atoms with Crippen molar-refractivity contribution in [2.75, 3.05) is 13.1 Å². The number of carboxylic acids is 1. The van der Waals surface area contributed by atoms with Crippen LogP contribution in [-0.4, -0.2) is 56.7 Å². The fourth-order valence-electron chi connectivity index (χ4n) is 2.03. The first-order chi connectivity index (χ1) is 8.90. The van der Waals surface area contributed by atoms with Crippen molar-refractivity contribution in [2.45, 2.75) is 13.0 Å². The minimum Gasteiger partial charge on any atom is -0.480 e. The number of carboxylic acid groups (broad SMARTS) is 1. The van der Waals surface area contributed by atoms with Gasteiger partial charge in [0, 0.05) is 13.6 Å². The van der Waals surface area contributed by atoms with Gasteiger partial charge in [0.2, 0.25) is 5.91 Å². The molecule has 1 fully saturated rings. The lowest BCUT2D eigenvalue weighted by molar-refractivity contribution is -0.144. The maximum absolute atomic E-state index is 12.3. The number of carbonyl (C=O) groups excluding carboxylic acids is 2. The van der Waals surface area contributed by atoms with Crippen LogP contribution in [0.3, 0.4) is 0 Å². The number of nitrogens with zero attached hydrogens (tertiary/aromatic N) is 3. The normalized spacial score (nSPS) is 19.2. The van der Waals surface area contributed by atoms with E-state index in [1.54, 1.807) is 20.0 Å². The molecule has 1 unspecified atom stereocenters. The minimum absolute atomic E-state index is 0.0866. The first-order valence-corrected chi connectivity index (χ1v) is 5.71. The average Bonchev–Trinajstić information content (AvgIpc) is 2.67. The molecular formula is C11H14N4O4. The summed E-state index contributed by atoms with van der Waals surface area (Å²) < 4.78 is 1.38. The van der Waals surface area contributed by atoms with Crippen LogP contribution in [0.25, 0.3) is 0 Å². The van der Waals surface area contributed by atoms with Gasteiger partial charge in [0.1, 0.15) is 18.3 Å². The van der Waals surface area contributed by atoms with Gasteiger partial charge in [-0.2, -0.15) is 5.10 Å². The molecule has 2 N–H and O–H groups in total. The van der Waals surface area contributed by atoms with Crippen LogP contribution in [0.5, 0.6) is 0 Å². The summed E-state index contributed by atoms with van der Waals surface area (Å²) in [5.41, 5.74) is 0.914. The molecule has 1 atom stereocenters. The highest BCUT2D eigenvalue weighted by Gasteiger charge is 2.36. The van der Waals surface area contributed by atoms with Crippen molar-refractivity contribution < 1.29 is 19.5 Å². The van der Waals surface area contributed by atoms with E-state index in [1.165, 1.54) is 4.68 Å². The predicted molar refractivity (Wildman–Crippen MR) is 63.4 cm³/mol. The Hall–Kier alpha value is -2.38. The lowest BCUT2D eigenvalue weighted by Crippen LogP contribution is -2.59. The first-order valence-electron chi connectivity index (χ1n) is 5.71. The Kier molecular flexibility index (Phi) is 3.24. The number of aryl methyl sites for hydroxylation is 2. The molecule has 1 saturated heterocycles. The number of amides is 2. The largest absolute Gasteiger partial charge is 0.480 e. The Labute approximate surface area is 109 Å². The topological polar surface area (TPSA) is 105 Å². The van der Waals surface area contributed by atoms with Gasteiger partial charge < -0.3 is 15.3 Å². The first kappa shape index (κ1) is 13.1. The highest BCUT2D eigenvalue weighted by molar-refractivity contribution is 5.98. The van der Waals surface area contributed by atoms with Crippen LogP contribution in [0.15, 0.2) is 6.07 Å². The van der Waals surface area contributed by atoms with Crippen molar-refractivity contribution in [3.63, 3.8) is 0 Å². The summed E-state index contributed by atoms with van der Waals surface area (Å²) in [5, 5.41) is 15.6. The Balaban J connectivity index is 2.31. The van der Waals surface area contributed by atoms with Crippen molar-refractivity contribution in [1.82, 2.24) is 20.0 Å². The van der Waals surface area contributed by atoms with Crippen molar-refractivity contribution in [1.29, 1.82) is 0 Å². The number of nitrogens with one attached hydrogen (secondary N) is 1. The van der Waals surface area contributed by atoms with Crippen LogP contribution in [-0.2, 0) is 16.6 Å². The Morgan fingerprint density at radius 3 is 2.74 bits per heavy atom. The zero-order valence-electron chi connectivity index (χ0n) is 10.6. The number of aliphatic carboxylic acids is 1. The standard InChI is InChI=1S/C11H14N4O4/c1-6-3-7(14(2)13-6)10(17)15-5-9(16)12-4-8(15)11(18)19/h3,8H,4-5H2,1-2H3,(H,12,16)(H,18,19). The summed E-state index contributed by atoms with van der Waals surface area (Å²) in [4.78, 5) is 35.8. The number of rotatable bonds is 2. The van der Waals surface area contributed by atoms with Gasteiger partial charge in [0.25, 0.3) is 5.91 Å². The van der Waals surface area contributed by atoms with Gasteiger partial charge in [0.15, 0.2) is 0 Å². The monoisotopic (exact) mass is 266 g/mol. The molecule has 102 valence electrons. The Bertz CT molecular complexity index is 551. The van der Waals surface area contributed by atoms with E-state index >= 15 is 0 Å². The molecule has 1 aliphatic rings. The molecular weight excluding hydrogens is 252 g/mol. The summed E-state index contributed by atoms with van der Waals surface area (Å²) in [7, 11) is 1.60. The molecule has 1 aromatic rings. The molecule has 1 aliphatic heterocycles. The highest BCUT2D eigenvalue weighted by Crippen LogP contribution is 2.12. The number of aromatic nitrogens is 2. The third kappa shape index (κ3) is 2.42. The van der Waals surface area contributed by atoms with Gasteiger partial charge in [-0.1, -0.05) is 0 Å². The smallest absolute Gasteiger partial charge is 0.328 e. The van der Waals surface area contributed by atoms with Gasteiger partial charge in [-0.05, 0) is 13.0 Å². The van der Waals surface area contributed by atoms with Crippen molar-refractivity contribution in [2.24, 2.45) is 7.05 Å². The molecule has 1 aromatic heterocycles. The summed E-state index contributed by atoms with van der Waals surface area (Å²) >= 11 is 0. The van der Waals surface area contributed by atoms with Crippen molar-refractivity contribution in [3.8, 4) is 0 Å². The summed E-state index contributed by atoms with van der Waals surface area (Å²) in [5.74, 6) is -2.03. The van der Waals surface area contributed by atoms with E-state index in [2.05, 4.69) is 10.4 Å². The average molecular weight is 266 g/mol. The summed E-state index contributed by atoms with van der Waals surface area (Å²) in [6, 6.07) is 0.508. The third-order valence-corrected chi connectivity index (χ3v) is 2.95. The van der Waals surface area contributed by atoms with Crippen LogP contribution in [0.4, 0.5) is 0 Å². The minimum atomic E-state index is -1.15. The molecule has 0 aliphatic carbocycles. The van der Waals surface area contributed by atoms with Gasteiger partial charge in [-0.25, -0.2) is 4.79 Å². The van der Waals surface area contributed by atoms with Gasteiger partial charge in [-0.15, -0.1) is 0 Å². The van der Waals surface area contributed by atoms with E-state index in [9.17, 15) is 14.4 Å². The molecule has 0 saturated carbocycles. The second kappa shape index (κ2) is 4.71. The zero-order chi connectivity index (χ0) is 14.2. The number of hydrogen-bond acceptors (Lipinski definition) is 4. The Morgan fingerprint density at radius 2 is 2.21 bits per heavy atom. The third-order valence-electron chi connectivity index (χ3n) is 2.95. The molecule has 0 spiro atoms. The predicted octanol–water partition coefficient (Wildman–Crippen LogP) is -1.25. The Morgan fingerprint density at radius 1 is 1.53 bits per heavy atom. The SMILES string of the molecule is Cc1cc(C(=O)N2CC(=O)NCC2C(=O)O)n(C)n1. The lowest BCUT2D eigenvalue weighted by atomic mass is 10.1. The van der Waals surface area contributed by atoms with E-state index < -0.39 is 17.9 Å². The van der Waals surface area contributed by atoms with E-state index in [0.29, 0.717) is 5.69 Å². The van der Waals surface area contributed by atoms with Crippen LogP contribution in [0.2, 0.25) is 0 Å². The van der Waals surface area contributed by atoms with E-state index in [1.807, 2.05) is 0 Å². The fraction of sp³-hybridized carbons (Fsp3) is 0.455. The number of hydrogen-bond donors (Lipinski definition) is 2. The molecule has 2 rings (SSSR count). The van der Waals surface area contributed by atoms with Crippen LogP contribution < -0.4 is 5.32 Å². The van der Waals surface area contributed by atoms with Crippen molar-refractivity contribution in [3.05, 3.63) is 17.5 Å². The summed E-state index contributed by atoms with van der Waals surface area (Å²) in [6.07, 6.45) is 0. The van der Waals surface area contributed by atoms with Gasteiger partial charge in [0.05, 0.1) is 5.69 Å². The molecule has 2 amide bonds. The fourth-order valence-corrected chi connectivity index (χ4v) is 2.03. The number of carbonyl (C=O) groups is 3. The molecule has 0 aromatic carbocycles. The second-order valence-electron chi connectivity index (χ2n) is 4.39. The summed E-state index contributed by atoms with van der Waals surface area (Å²) in [6.45, 7) is 1.38. The zero-order valence-corrected chi connectivity index (χ0v) is 10.6. The van der Waals surface area contributed by atoms with E-state index in [-0.39, 0.29) is 24.7 Å². The maximum atomic E-state index is 12.3. The van der Waals surface area contributed by atoms with Crippen molar-refractivity contribution >= 4 is 17.8 Å². The van der Waals surface area contributed by atoms with E-state index in [4.69, 9.17) is 5.11 Å². The van der Waals surface area contributed by atoms with Gasteiger partial charge in [-0.3, -0.25) is 14.3 Å². The van der Waals surface area contributed by atoms with Gasteiger partial charge >= 0.3 is 5.97 Å².